The first-order valence-corrected chi connectivity index (χ1v) is 6.07. The lowest BCUT2D eigenvalue weighted by Crippen LogP contribution is -1.95. The van der Waals surface area contributed by atoms with Crippen LogP contribution in [0.3, 0.4) is 0 Å². The topological polar surface area (TPSA) is 132 Å². The average molecular weight is 304 g/mol. The van der Waals surface area contributed by atoms with Gasteiger partial charge in [0.05, 0.1) is 11.4 Å². The Morgan fingerprint density at radius 3 is 2.18 bits per heavy atom. The molecule has 0 heterocycles. The van der Waals surface area contributed by atoms with E-state index in [1.165, 1.54) is 36.4 Å². The van der Waals surface area contributed by atoms with E-state index in [1.807, 2.05) is 0 Å². The summed E-state index contributed by atoms with van der Waals surface area (Å²) in [7, 11) is 0. The lowest BCUT2D eigenvalue weighted by molar-refractivity contribution is -0.253. The quantitative estimate of drug-likeness (QED) is 0.381. The zero-order valence-corrected chi connectivity index (χ0v) is 11.2. The second-order valence-corrected chi connectivity index (χ2v) is 4.29. The van der Waals surface area contributed by atoms with Gasteiger partial charge in [-0.1, -0.05) is 0 Å². The third-order valence-corrected chi connectivity index (χ3v) is 2.77. The number of azo groups is 1. The Morgan fingerprint density at radius 1 is 1.00 bits per heavy atom. The summed E-state index contributed by atoms with van der Waals surface area (Å²) in [5.41, 5.74) is 0.644. The zero-order valence-electron chi connectivity index (χ0n) is 11.2. The van der Waals surface area contributed by atoms with Gasteiger partial charge in [0, 0.05) is 5.56 Å². The number of carboxylic acid groups (broad SMARTS) is 1. The molecule has 2 aromatic rings. The second-order valence-electron chi connectivity index (χ2n) is 4.29. The van der Waals surface area contributed by atoms with E-state index in [2.05, 4.69) is 15.1 Å². The normalized spacial score (nSPS) is 11.0. The molecule has 2 rings (SSSR count). The second kappa shape index (κ2) is 6.66. The molecule has 0 spiro atoms. The summed E-state index contributed by atoms with van der Waals surface area (Å²) >= 11 is 0. The van der Waals surface area contributed by atoms with Crippen LogP contribution in [0.15, 0.2) is 46.6 Å². The van der Waals surface area contributed by atoms with Crippen LogP contribution >= 0.6 is 0 Å². The van der Waals surface area contributed by atoms with Crippen molar-refractivity contribution in [2.75, 3.05) is 0 Å². The molecule has 8 nitrogen and oxygen atoms in total. The zero-order chi connectivity index (χ0) is 16.1. The van der Waals surface area contributed by atoms with Gasteiger partial charge in [0.2, 0.25) is 0 Å². The van der Waals surface area contributed by atoms with Crippen LogP contribution in [0.1, 0.15) is 15.9 Å². The van der Waals surface area contributed by atoms with E-state index in [0.717, 1.165) is 0 Å². The minimum Gasteiger partial charge on any atom is -0.508 e. The fourth-order valence-electron chi connectivity index (χ4n) is 1.69. The summed E-state index contributed by atoms with van der Waals surface area (Å²) in [6.07, 6.45) is 0. The molecule has 0 aliphatic carbocycles. The van der Waals surface area contributed by atoms with E-state index in [0.29, 0.717) is 11.3 Å². The van der Waals surface area contributed by atoms with Crippen LogP contribution in [0.5, 0.6) is 11.5 Å². The van der Waals surface area contributed by atoms with E-state index in [1.54, 1.807) is 0 Å². The molecule has 22 heavy (non-hydrogen) atoms. The maximum atomic E-state index is 10.9. The molecule has 114 valence electrons. The maximum absolute atomic E-state index is 10.9. The highest BCUT2D eigenvalue weighted by molar-refractivity contribution is 5.91. The van der Waals surface area contributed by atoms with Crippen molar-refractivity contribution in [2.45, 2.75) is 6.61 Å². The Hall–Kier alpha value is -2.97. The van der Waals surface area contributed by atoms with Gasteiger partial charge in [-0.25, -0.2) is 9.68 Å². The van der Waals surface area contributed by atoms with Gasteiger partial charge < -0.3 is 15.3 Å². The average Bonchev–Trinajstić information content (AvgIpc) is 2.49. The molecule has 4 N–H and O–H groups in total. The van der Waals surface area contributed by atoms with Crippen molar-refractivity contribution < 1.29 is 30.3 Å². The minimum atomic E-state index is -1.28. The molecule has 0 saturated carbocycles. The van der Waals surface area contributed by atoms with Gasteiger partial charge in [0.25, 0.3) is 0 Å². The van der Waals surface area contributed by atoms with Crippen molar-refractivity contribution in [3.63, 3.8) is 0 Å². The molecule has 0 amide bonds. The van der Waals surface area contributed by atoms with Crippen LogP contribution in [-0.4, -0.2) is 26.5 Å². The van der Waals surface area contributed by atoms with Gasteiger partial charge in [0.1, 0.15) is 23.7 Å². The number of phenols is 2. The largest absolute Gasteiger partial charge is 0.508 e. The highest BCUT2D eigenvalue weighted by Crippen LogP contribution is 2.27. The number of rotatable bonds is 5. The first-order valence-electron chi connectivity index (χ1n) is 6.07. The van der Waals surface area contributed by atoms with E-state index in [4.69, 9.17) is 10.4 Å². The first-order chi connectivity index (χ1) is 10.5. The summed E-state index contributed by atoms with van der Waals surface area (Å²) in [5.74, 6) is -1.70. The molecule has 0 atom stereocenters. The van der Waals surface area contributed by atoms with Crippen molar-refractivity contribution in [1.82, 2.24) is 0 Å². The van der Waals surface area contributed by atoms with Gasteiger partial charge in [-0.05, 0) is 36.4 Å². The van der Waals surface area contributed by atoms with Crippen LogP contribution in [0.25, 0.3) is 0 Å². The molecule has 0 radical (unpaired) electrons. The summed E-state index contributed by atoms with van der Waals surface area (Å²) in [4.78, 5) is 14.9. The molecular formula is C14H12N2O6. The van der Waals surface area contributed by atoms with E-state index >= 15 is 0 Å². The molecule has 0 saturated heterocycles. The number of benzene rings is 2. The van der Waals surface area contributed by atoms with Gasteiger partial charge >= 0.3 is 5.97 Å². The number of aromatic hydroxyl groups is 2. The maximum Gasteiger partial charge on any atom is 0.339 e. The van der Waals surface area contributed by atoms with Gasteiger partial charge in [-0.15, -0.1) is 0 Å². The number of phenolic OH excluding ortho intramolecular Hbond substituents is 1. The van der Waals surface area contributed by atoms with E-state index in [9.17, 15) is 15.0 Å². The SMILES string of the molecule is O=C(O)c1cc(N=Nc2ccc(O)c(COO)c2)ccc1O. The lowest BCUT2D eigenvalue weighted by Gasteiger charge is -2.03. The predicted molar refractivity (Wildman–Crippen MR) is 74.8 cm³/mol. The van der Waals surface area contributed by atoms with Gasteiger partial charge in [-0.3, -0.25) is 5.26 Å². The van der Waals surface area contributed by atoms with Crippen LogP contribution in [0.4, 0.5) is 11.4 Å². The molecule has 2 aromatic carbocycles. The van der Waals surface area contributed by atoms with E-state index in [-0.39, 0.29) is 29.4 Å². The van der Waals surface area contributed by atoms with Crippen LogP contribution in [0, 0.1) is 0 Å². The third kappa shape index (κ3) is 3.57. The van der Waals surface area contributed by atoms with Crippen LogP contribution in [0.2, 0.25) is 0 Å². The summed E-state index contributed by atoms with van der Waals surface area (Å²) in [6, 6.07) is 8.09. The number of nitrogens with zero attached hydrogens (tertiary/aromatic N) is 2. The van der Waals surface area contributed by atoms with Gasteiger partial charge in [-0.2, -0.15) is 10.2 Å². The highest BCUT2D eigenvalue weighted by atomic mass is 17.1. The molecular weight excluding hydrogens is 292 g/mol. The van der Waals surface area contributed by atoms with Crippen molar-refractivity contribution in [3.8, 4) is 11.5 Å². The Bertz CT molecular complexity index is 729. The fourth-order valence-corrected chi connectivity index (χ4v) is 1.69. The van der Waals surface area contributed by atoms with Crippen molar-refractivity contribution in [2.24, 2.45) is 10.2 Å². The van der Waals surface area contributed by atoms with Crippen LogP contribution < -0.4 is 0 Å². The third-order valence-electron chi connectivity index (χ3n) is 2.77. The van der Waals surface area contributed by atoms with Crippen molar-refractivity contribution in [3.05, 3.63) is 47.5 Å². The number of hydrogen-bond acceptors (Lipinski definition) is 7. The molecule has 0 fully saturated rings. The Morgan fingerprint density at radius 2 is 1.59 bits per heavy atom. The van der Waals surface area contributed by atoms with Crippen molar-refractivity contribution >= 4 is 17.3 Å². The molecule has 0 unspecified atom stereocenters. The Balaban J connectivity index is 2.27. The fraction of sp³-hybridized carbons (Fsp3) is 0.0714. The number of hydrogen-bond donors (Lipinski definition) is 4. The standard InChI is InChI=1S/C14H12N2O6/c17-12-3-1-9(5-8(12)7-22-21)15-16-10-2-4-13(18)11(6-10)14(19)20/h1-6,17-18,21H,7H2,(H,19,20). The number of aromatic carboxylic acids is 1. The monoisotopic (exact) mass is 304 g/mol. The Labute approximate surface area is 124 Å². The molecule has 0 bridgehead atoms. The first kappa shape index (κ1) is 15.4. The molecule has 0 aromatic heterocycles. The lowest BCUT2D eigenvalue weighted by atomic mass is 10.2. The molecule has 0 aliphatic rings. The predicted octanol–water partition coefficient (Wildman–Crippen LogP) is 3.20. The van der Waals surface area contributed by atoms with Crippen LogP contribution in [-0.2, 0) is 11.5 Å². The molecule has 0 aliphatic heterocycles. The minimum absolute atomic E-state index is 0.0641. The molecule has 8 heteroatoms. The summed E-state index contributed by atoms with van der Waals surface area (Å²) < 4.78 is 0. The number of carbonyl (C=O) groups is 1. The smallest absolute Gasteiger partial charge is 0.339 e. The van der Waals surface area contributed by atoms with Crippen molar-refractivity contribution in [1.29, 1.82) is 0 Å². The Kier molecular flexibility index (Phi) is 4.66. The summed E-state index contributed by atoms with van der Waals surface area (Å²) in [5, 5.41) is 44.0. The summed E-state index contributed by atoms with van der Waals surface area (Å²) in [6.45, 7) is -0.211. The van der Waals surface area contributed by atoms with E-state index < -0.39 is 5.97 Å². The van der Waals surface area contributed by atoms with Gasteiger partial charge in [0.15, 0.2) is 0 Å². The number of carboxylic acids is 1. The highest BCUT2D eigenvalue weighted by Gasteiger charge is 2.10.